The van der Waals surface area contributed by atoms with Crippen LogP contribution < -0.4 is 0 Å². The molecule has 3 rings (SSSR count). The maximum atomic E-state index is 10.9. The molecule has 0 fully saturated rings. The number of non-ortho nitro benzene ring substituents is 1. The van der Waals surface area contributed by atoms with Gasteiger partial charge in [-0.15, -0.1) is 0 Å². The van der Waals surface area contributed by atoms with Gasteiger partial charge in [0.25, 0.3) is 5.69 Å². The molecule has 7 nitrogen and oxygen atoms in total. The van der Waals surface area contributed by atoms with Crippen molar-refractivity contribution in [2.75, 3.05) is 0 Å². The van der Waals surface area contributed by atoms with Crippen molar-refractivity contribution in [2.24, 2.45) is 0 Å². The Kier molecular flexibility index (Phi) is 3.39. The molecule has 2 aromatic heterocycles. The molecule has 0 aliphatic rings. The third-order valence-corrected chi connectivity index (χ3v) is 3.41. The summed E-state index contributed by atoms with van der Waals surface area (Å²) < 4.78 is 3.82. The van der Waals surface area contributed by atoms with E-state index in [4.69, 9.17) is 0 Å². The molecule has 0 saturated carbocycles. The van der Waals surface area contributed by atoms with E-state index in [1.807, 2.05) is 21.5 Å². The highest BCUT2D eigenvalue weighted by Gasteiger charge is 2.11. The smallest absolute Gasteiger partial charge is 0.271 e. The molecule has 1 aromatic carbocycles. The average molecular weight is 285 g/mol. The Morgan fingerprint density at radius 3 is 2.95 bits per heavy atom. The molecule has 0 atom stereocenters. The Morgan fingerprint density at radius 1 is 1.33 bits per heavy atom. The van der Waals surface area contributed by atoms with Gasteiger partial charge in [0.2, 0.25) is 0 Å². The summed E-state index contributed by atoms with van der Waals surface area (Å²) in [4.78, 5) is 14.8. The van der Waals surface area contributed by atoms with Gasteiger partial charge in [0.15, 0.2) is 0 Å². The van der Waals surface area contributed by atoms with Crippen LogP contribution in [0.2, 0.25) is 0 Å². The summed E-state index contributed by atoms with van der Waals surface area (Å²) in [5.74, 6) is 0.848. The molecule has 2 heterocycles. The van der Waals surface area contributed by atoms with Crippen molar-refractivity contribution in [3.05, 3.63) is 52.7 Å². The number of nitrogens with zero attached hydrogens (tertiary/aromatic N) is 5. The second kappa shape index (κ2) is 5.35. The van der Waals surface area contributed by atoms with Crippen molar-refractivity contribution >= 4 is 16.6 Å². The molecule has 0 spiro atoms. The van der Waals surface area contributed by atoms with Crippen LogP contribution in [0.15, 0.2) is 36.8 Å². The van der Waals surface area contributed by atoms with Crippen molar-refractivity contribution in [3.8, 4) is 0 Å². The van der Waals surface area contributed by atoms with E-state index in [9.17, 15) is 10.1 Å². The molecule has 0 unspecified atom stereocenters. The Morgan fingerprint density at radius 2 is 2.19 bits per heavy atom. The van der Waals surface area contributed by atoms with Crippen LogP contribution in [0.1, 0.15) is 19.2 Å². The van der Waals surface area contributed by atoms with E-state index in [0.717, 1.165) is 29.7 Å². The van der Waals surface area contributed by atoms with Crippen molar-refractivity contribution in [2.45, 2.75) is 26.4 Å². The van der Waals surface area contributed by atoms with E-state index in [-0.39, 0.29) is 10.6 Å². The fourth-order valence-electron chi connectivity index (χ4n) is 2.39. The largest absolute Gasteiger partial charge is 0.340 e. The van der Waals surface area contributed by atoms with Gasteiger partial charge in [0.1, 0.15) is 12.2 Å². The normalized spacial score (nSPS) is 11.1. The van der Waals surface area contributed by atoms with Gasteiger partial charge < -0.3 is 4.57 Å². The monoisotopic (exact) mass is 285 g/mol. The Labute approximate surface area is 121 Å². The van der Waals surface area contributed by atoms with Gasteiger partial charge >= 0.3 is 0 Å². The van der Waals surface area contributed by atoms with Gasteiger partial charge in [-0.1, -0.05) is 6.92 Å². The number of benzene rings is 1. The zero-order chi connectivity index (χ0) is 14.8. The molecular weight excluding hydrogens is 270 g/mol. The number of rotatable bonds is 5. The summed E-state index contributed by atoms with van der Waals surface area (Å²) in [5, 5.41) is 16.1. The van der Waals surface area contributed by atoms with E-state index in [2.05, 4.69) is 17.0 Å². The number of fused-ring (bicyclic) bond motifs is 1. The summed E-state index contributed by atoms with van der Waals surface area (Å²) in [7, 11) is 0. The Hall–Kier alpha value is -2.70. The molecule has 7 heteroatoms. The summed E-state index contributed by atoms with van der Waals surface area (Å²) in [6.45, 7) is 3.44. The van der Waals surface area contributed by atoms with E-state index in [1.54, 1.807) is 18.5 Å². The molecule has 0 aliphatic carbocycles. The van der Waals surface area contributed by atoms with Gasteiger partial charge in [-0.3, -0.25) is 10.1 Å². The standard InChI is InChI=1S/C14H15N5O2/c1-2-6-18-14(15-10-16-18)9-17-7-5-11-3-4-12(19(20)21)8-13(11)17/h3-5,7-8,10H,2,6,9H2,1H3. The Balaban J connectivity index is 1.98. The second-order valence-corrected chi connectivity index (χ2v) is 4.84. The summed E-state index contributed by atoms with van der Waals surface area (Å²) in [5.41, 5.74) is 0.924. The molecule has 0 amide bonds. The maximum absolute atomic E-state index is 10.9. The Bertz CT molecular complexity index is 790. The van der Waals surface area contributed by atoms with E-state index in [1.165, 1.54) is 6.07 Å². The zero-order valence-electron chi connectivity index (χ0n) is 11.6. The fraction of sp³-hybridized carbons (Fsp3) is 0.286. The van der Waals surface area contributed by atoms with Crippen molar-refractivity contribution in [3.63, 3.8) is 0 Å². The number of hydrogen-bond donors (Lipinski definition) is 0. The lowest BCUT2D eigenvalue weighted by atomic mass is 10.2. The maximum Gasteiger partial charge on any atom is 0.271 e. The highest BCUT2D eigenvalue weighted by Crippen LogP contribution is 2.22. The average Bonchev–Trinajstić information content (AvgIpc) is 3.07. The van der Waals surface area contributed by atoms with Crippen molar-refractivity contribution in [1.29, 1.82) is 0 Å². The minimum Gasteiger partial charge on any atom is -0.340 e. The first-order chi connectivity index (χ1) is 10.2. The number of aryl methyl sites for hydroxylation is 1. The fourth-order valence-corrected chi connectivity index (χ4v) is 2.39. The molecule has 0 bridgehead atoms. The van der Waals surface area contributed by atoms with Crippen LogP contribution in [-0.2, 0) is 13.1 Å². The van der Waals surface area contributed by atoms with Crippen LogP contribution in [-0.4, -0.2) is 24.3 Å². The summed E-state index contributed by atoms with van der Waals surface area (Å²) in [6, 6.07) is 6.82. The van der Waals surface area contributed by atoms with Crippen molar-refractivity contribution < 1.29 is 4.92 Å². The first kappa shape index (κ1) is 13.3. The van der Waals surface area contributed by atoms with E-state index >= 15 is 0 Å². The molecular formula is C14H15N5O2. The minimum absolute atomic E-state index is 0.0949. The molecule has 21 heavy (non-hydrogen) atoms. The van der Waals surface area contributed by atoms with Gasteiger partial charge in [0.05, 0.1) is 17.0 Å². The predicted molar refractivity (Wildman–Crippen MR) is 78.0 cm³/mol. The number of nitro groups is 1. The highest BCUT2D eigenvalue weighted by molar-refractivity contribution is 5.82. The van der Waals surface area contributed by atoms with E-state index < -0.39 is 0 Å². The molecule has 0 saturated heterocycles. The molecule has 108 valence electrons. The van der Waals surface area contributed by atoms with Crippen LogP contribution in [0.5, 0.6) is 0 Å². The molecule has 3 aromatic rings. The van der Waals surface area contributed by atoms with Gasteiger partial charge in [-0.05, 0) is 18.6 Å². The predicted octanol–water partition coefficient (Wildman–Crippen LogP) is 2.60. The lowest BCUT2D eigenvalue weighted by molar-refractivity contribution is -0.384. The van der Waals surface area contributed by atoms with Gasteiger partial charge in [-0.2, -0.15) is 5.10 Å². The lowest BCUT2D eigenvalue weighted by Gasteiger charge is -2.07. The van der Waals surface area contributed by atoms with E-state index in [0.29, 0.717) is 6.54 Å². The van der Waals surface area contributed by atoms with Crippen LogP contribution in [0, 0.1) is 10.1 Å². The quantitative estimate of drug-likeness (QED) is 0.533. The SMILES string of the molecule is CCCn1ncnc1Cn1ccc2ccc([N+](=O)[O-])cc21. The second-order valence-electron chi connectivity index (χ2n) is 4.84. The zero-order valence-corrected chi connectivity index (χ0v) is 11.6. The summed E-state index contributed by atoms with van der Waals surface area (Å²) in [6.07, 6.45) is 4.44. The molecule has 0 radical (unpaired) electrons. The minimum atomic E-state index is -0.379. The molecule has 0 aliphatic heterocycles. The highest BCUT2D eigenvalue weighted by atomic mass is 16.6. The first-order valence-electron chi connectivity index (χ1n) is 6.79. The summed E-state index contributed by atoms with van der Waals surface area (Å²) >= 11 is 0. The van der Waals surface area contributed by atoms with Crippen molar-refractivity contribution in [1.82, 2.24) is 19.3 Å². The molecule has 0 N–H and O–H groups in total. The third-order valence-electron chi connectivity index (χ3n) is 3.41. The lowest BCUT2D eigenvalue weighted by Crippen LogP contribution is -2.09. The van der Waals surface area contributed by atoms with Crippen LogP contribution >= 0.6 is 0 Å². The van der Waals surface area contributed by atoms with Crippen LogP contribution in [0.4, 0.5) is 5.69 Å². The number of aromatic nitrogens is 4. The third kappa shape index (κ3) is 2.49. The topological polar surface area (TPSA) is 78.8 Å². The number of nitro benzene ring substituents is 1. The van der Waals surface area contributed by atoms with Crippen LogP contribution in [0.25, 0.3) is 10.9 Å². The van der Waals surface area contributed by atoms with Crippen LogP contribution in [0.3, 0.4) is 0 Å². The number of hydrogen-bond acceptors (Lipinski definition) is 4. The van der Waals surface area contributed by atoms with Gasteiger partial charge in [-0.25, -0.2) is 9.67 Å². The van der Waals surface area contributed by atoms with Gasteiger partial charge in [0, 0.05) is 30.3 Å². The first-order valence-corrected chi connectivity index (χ1v) is 6.79.